The van der Waals surface area contributed by atoms with E-state index in [2.05, 4.69) is 26.0 Å². The number of sulfone groups is 1. The quantitative estimate of drug-likeness (QED) is 0.397. The Bertz CT molecular complexity index is 305. The molecular formula is C9H18BrNO4S. The number of halogens is 1. The van der Waals surface area contributed by atoms with Crippen molar-refractivity contribution in [2.24, 2.45) is 0 Å². The van der Waals surface area contributed by atoms with Crippen LogP contribution in [0.5, 0.6) is 0 Å². The smallest absolute Gasteiger partial charge is 0.320 e. The highest BCUT2D eigenvalue weighted by molar-refractivity contribution is 9.10. The molecule has 0 spiro atoms. The molecule has 0 radical (unpaired) electrons. The van der Waals surface area contributed by atoms with Crippen LogP contribution in [0.2, 0.25) is 0 Å². The van der Waals surface area contributed by atoms with Gasteiger partial charge in [-0.1, -0.05) is 22.9 Å². The van der Waals surface area contributed by atoms with E-state index in [0.717, 1.165) is 0 Å². The molecule has 1 atom stereocenters. The monoisotopic (exact) mass is 315 g/mol. The van der Waals surface area contributed by atoms with Gasteiger partial charge in [-0.25, -0.2) is 8.42 Å². The molecule has 0 saturated carbocycles. The number of carbonyl (C=O) groups excluding carboxylic acids is 1. The van der Waals surface area contributed by atoms with Gasteiger partial charge in [0.05, 0.1) is 12.9 Å². The second kappa shape index (κ2) is 8.03. The first-order valence-electron chi connectivity index (χ1n) is 5.06. The van der Waals surface area contributed by atoms with Crippen molar-refractivity contribution in [3.63, 3.8) is 0 Å². The minimum absolute atomic E-state index is 0.0989. The van der Waals surface area contributed by atoms with E-state index in [-0.39, 0.29) is 17.5 Å². The lowest BCUT2D eigenvalue weighted by molar-refractivity contribution is -0.139. The van der Waals surface area contributed by atoms with Crippen LogP contribution in [-0.2, 0) is 19.4 Å². The molecule has 0 aromatic rings. The number of hydrogen-bond acceptors (Lipinski definition) is 5. The summed E-state index contributed by atoms with van der Waals surface area (Å²) in [6.07, 6.45) is 0.631. The molecule has 7 heteroatoms. The minimum atomic E-state index is -2.95. The number of esters is 1. The van der Waals surface area contributed by atoms with Crippen LogP contribution in [0, 0.1) is 0 Å². The maximum absolute atomic E-state index is 11.3. The van der Waals surface area contributed by atoms with Crippen molar-refractivity contribution < 1.29 is 17.9 Å². The second-order valence-corrected chi connectivity index (χ2v) is 6.76. The molecule has 1 unspecified atom stereocenters. The fraction of sp³-hybridized carbons (Fsp3) is 0.889. The second-order valence-electron chi connectivity index (χ2n) is 3.35. The van der Waals surface area contributed by atoms with Crippen LogP contribution in [0.4, 0.5) is 0 Å². The topological polar surface area (TPSA) is 72.5 Å². The normalized spacial score (nSPS) is 13.4. The van der Waals surface area contributed by atoms with E-state index >= 15 is 0 Å². The van der Waals surface area contributed by atoms with Gasteiger partial charge in [0, 0.05) is 18.8 Å². The van der Waals surface area contributed by atoms with E-state index in [1.165, 1.54) is 7.11 Å². The van der Waals surface area contributed by atoms with Crippen LogP contribution < -0.4 is 5.32 Å². The third-order valence-electron chi connectivity index (χ3n) is 1.89. The molecule has 0 saturated heterocycles. The Morgan fingerprint density at radius 2 is 2.06 bits per heavy atom. The molecule has 5 nitrogen and oxygen atoms in total. The largest absolute Gasteiger partial charge is 0.468 e. The first-order valence-corrected chi connectivity index (χ1v) is 7.79. The van der Waals surface area contributed by atoms with Crippen molar-refractivity contribution in [3.8, 4) is 0 Å². The Balaban J connectivity index is 3.72. The molecule has 0 aromatic carbocycles. The van der Waals surface area contributed by atoms with Gasteiger partial charge >= 0.3 is 5.97 Å². The Morgan fingerprint density at radius 3 is 2.56 bits per heavy atom. The molecule has 1 N–H and O–H groups in total. The van der Waals surface area contributed by atoms with Crippen molar-refractivity contribution in [2.45, 2.75) is 18.2 Å². The maximum atomic E-state index is 11.3. The Kier molecular flexibility index (Phi) is 7.96. The molecule has 0 aromatic heterocycles. The maximum Gasteiger partial charge on any atom is 0.320 e. The van der Waals surface area contributed by atoms with Crippen molar-refractivity contribution in [1.82, 2.24) is 5.32 Å². The summed E-state index contributed by atoms with van der Waals surface area (Å²) < 4.78 is 27.1. The summed E-state index contributed by atoms with van der Waals surface area (Å²) in [5.41, 5.74) is 0. The first kappa shape index (κ1) is 15.9. The molecule has 16 heavy (non-hydrogen) atoms. The van der Waals surface area contributed by atoms with E-state index in [9.17, 15) is 13.2 Å². The van der Waals surface area contributed by atoms with E-state index in [1.54, 1.807) is 0 Å². The zero-order chi connectivity index (χ0) is 12.6. The lowest BCUT2D eigenvalue weighted by Gasteiger charge is -2.09. The molecule has 0 rings (SSSR count). The summed E-state index contributed by atoms with van der Waals surface area (Å²) in [4.78, 5) is 10.5. The fourth-order valence-corrected chi connectivity index (χ4v) is 2.78. The molecule has 96 valence electrons. The lowest BCUT2D eigenvalue weighted by Crippen LogP contribution is -2.33. The van der Waals surface area contributed by atoms with E-state index in [0.29, 0.717) is 19.5 Å². The zero-order valence-electron chi connectivity index (χ0n) is 9.53. The minimum Gasteiger partial charge on any atom is -0.468 e. The van der Waals surface area contributed by atoms with Crippen LogP contribution in [0.25, 0.3) is 0 Å². The number of rotatable bonds is 8. The van der Waals surface area contributed by atoms with Gasteiger partial charge in [-0.05, 0) is 6.42 Å². The van der Waals surface area contributed by atoms with Crippen LogP contribution >= 0.6 is 15.9 Å². The van der Waals surface area contributed by atoms with Gasteiger partial charge in [-0.15, -0.1) is 0 Å². The predicted octanol–water partition coefficient (Wildman–Crippen LogP) is 0.337. The summed E-state index contributed by atoms with van der Waals surface area (Å²) >= 11 is 3.13. The number of ether oxygens (including phenoxy) is 1. The van der Waals surface area contributed by atoms with E-state index < -0.39 is 14.7 Å². The van der Waals surface area contributed by atoms with Crippen LogP contribution in [0.15, 0.2) is 0 Å². The summed E-state index contributed by atoms with van der Waals surface area (Å²) in [6.45, 7) is 2.53. The van der Waals surface area contributed by atoms with E-state index in [1.807, 2.05) is 6.92 Å². The first-order chi connectivity index (χ1) is 7.43. The van der Waals surface area contributed by atoms with Gasteiger partial charge in [0.15, 0.2) is 9.84 Å². The summed E-state index contributed by atoms with van der Waals surface area (Å²) in [7, 11) is -1.64. The van der Waals surface area contributed by atoms with Crippen molar-refractivity contribution >= 4 is 31.7 Å². The number of carbonyl (C=O) groups is 1. The van der Waals surface area contributed by atoms with Crippen LogP contribution in [-0.4, -0.2) is 50.9 Å². The Hall–Kier alpha value is -0.140. The van der Waals surface area contributed by atoms with Crippen molar-refractivity contribution in [1.29, 1.82) is 0 Å². The molecule has 0 heterocycles. The third-order valence-corrected chi connectivity index (χ3v) is 4.44. The third kappa shape index (κ3) is 7.19. The molecule has 0 amide bonds. The van der Waals surface area contributed by atoms with Gasteiger partial charge in [-0.2, -0.15) is 0 Å². The SMILES string of the molecule is CCCS(=O)(=O)CCNCC(Br)C(=O)OC. The number of alkyl halides is 1. The number of hydrogen-bond donors (Lipinski definition) is 1. The summed E-state index contributed by atoms with van der Waals surface area (Å²) in [5.74, 6) is -0.0607. The van der Waals surface area contributed by atoms with Gasteiger partial charge in [0.2, 0.25) is 0 Å². The van der Waals surface area contributed by atoms with Gasteiger partial charge in [0.25, 0.3) is 0 Å². The molecular weight excluding hydrogens is 298 g/mol. The average molecular weight is 316 g/mol. The molecule has 0 aliphatic carbocycles. The zero-order valence-corrected chi connectivity index (χ0v) is 11.9. The Labute approximate surface area is 105 Å². The molecule has 0 aliphatic heterocycles. The Morgan fingerprint density at radius 1 is 1.44 bits per heavy atom. The highest BCUT2D eigenvalue weighted by Crippen LogP contribution is 1.99. The average Bonchev–Trinajstić information content (AvgIpc) is 2.22. The predicted molar refractivity (Wildman–Crippen MR) is 66.5 cm³/mol. The van der Waals surface area contributed by atoms with Crippen LogP contribution in [0.3, 0.4) is 0 Å². The molecule has 0 aliphatic rings. The van der Waals surface area contributed by atoms with Gasteiger partial charge in [0.1, 0.15) is 4.83 Å². The van der Waals surface area contributed by atoms with Crippen molar-refractivity contribution in [2.75, 3.05) is 31.7 Å². The number of nitrogens with one attached hydrogen (secondary N) is 1. The van der Waals surface area contributed by atoms with Crippen LogP contribution in [0.1, 0.15) is 13.3 Å². The summed E-state index contributed by atoms with van der Waals surface area (Å²) in [5, 5.41) is 2.89. The summed E-state index contributed by atoms with van der Waals surface area (Å²) in [6, 6.07) is 0. The van der Waals surface area contributed by atoms with Gasteiger partial charge < -0.3 is 10.1 Å². The fourth-order valence-electron chi connectivity index (χ4n) is 1.08. The van der Waals surface area contributed by atoms with E-state index in [4.69, 9.17) is 0 Å². The molecule has 0 fully saturated rings. The lowest BCUT2D eigenvalue weighted by atomic mass is 10.4. The highest BCUT2D eigenvalue weighted by atomic mass is 79.9. The number of methoxy groups -OCH3 is 1. The van der Waals surface area contributed by atoms with Crippen molar-refractivity contribution in [3.05, 3.63) is 0 Å². The van der Waals surface area contributed by atoms with Gasteiger partial charge in [-0.3, -0.25) is 4.79 Å². The highest BCUT2D eigenvalue weighted by Gasteiger charge is 2.15. The standard InChI is InChI=1S/C9H18BrNO4S/c1-3-5-16(13,14)6-4-11-7-8(10)9(12)15-2/h8,11H,3-7H2,1-2H3. The molecule has 0 bridgehead atoms.